The van der Waals surface area contributed by atoms with E-state index in [9.17, 15) is 0 Å². The zero-order chi connectivity index (χ0) is 12.3. The van der Waals surface area contributed by atoms with Crippen LogP contribution in [0, 0.1) is 17.3 Å². The Morgan fingerprint density at radius 3 is 2.50 bits per heavy atom. The molecule has 0 radical (unpaired) electrons. The quantitative estimate of drug-likeness (QED) is 0.798. The van der Waals surface area contributed by atoms with Crippen molar-refractivity contribution in [3.05, 3.63) is 0 Å². The highest BCUT2D eigenvalue weighted by molar-refractivity contribution is 4.94. The molecule has 0 aromatic carbocycles. The van der Waals surface area contributed by atoms with Gasteiger partial charge in [-0.2, -0.15) is 0 Å². The van der Waals surface area contributed by atoms with Crippen LogP contribution in [0.3, 0.4) is 0 Å². The van der Waals surface area contributed by atoms with Gasteiger partial charge in [0, 0.05) is 12.6 Å². The molecule has 2 heteroatoms. The van der Waals surface area contributed by atoms with Crippen molar-refractivity contribution in [2.75, 3.05) is 20.1 Å². The molecule has 0 aromatic rings. The van der Waals surface area contributed by atoms with Crippen LogP contribution in [0.4, 0.5) is 0 Å². The third-order valence-electron chi connectivity index (χ3n) is 4.85. The van der Waals surface area contributed by atoms with Crippen LogP contribution in [0.1, 0.15) is 47.0 Å². The van der Waals surface area contributed by atoms with E-state index in [4.69, 9.17) is 5.73 Å². The minimum atomic E-state index is 0.389. The summed E-state index contributed by atoms with van der Waals surface area (Å²) in [5.74, 6) is 1.44. The molecule has 2 nitrogen and oxygen atoms in total. The van der Waals surface area contributed by atoms with E-state index in [1.807, 2.05) is 0 Å². The van der Waals surface area contributed by atoms with Gasteiger partial charge in [0.05, 0.1) is 0 Å². The molecule has 0 aliphatic heterocycles. The van der Waals surface area contributed by atoms with Gasteiger partial charge in [-0.1, -0.05) is 27.7 Å². The van der Waals surface area contributed by atoms with Crippen molar-refractivity contribution >= 4 is 0 Å². The molecule has 1 rings (SSSR count). The van der Waals surface area contributed by atoms with E-state index < -0.39 is 0 Å². The van der Waals surface area contributed by atoms with Crippen LogP contribution in [-0.4, -0.2) is 31.1 Å². The van der Waals surface area contributed by atoms with Crippen LogP contribution in [-0.2, 0) is 0 Å². The lowest BCUT2D eigenvalue weighted by Crippen LogP contribution is -2.49. The van der Waals surface area contributed by atoms with E-state index in [1.54, 1.807) is 0 Å². The SMILES string of the molecule is CCCN(C)CC1CCC(N)C(C)C1(C)C. The molecule has 0 saturated heterocycles. The van der Waals surface area contributed by atoms with Crippen molar-refractivity contribution in [3.8, 4) is 0 Å². The summed E-state index contributed by atoms with van der Waals surface area (Å²) in [5, 5.41) is 0. The average Bonchev–Trinajstić information content (AvgIpc) is 2.20. The monoisotopic (exact) mass is 226 g/mol. The van der Waals surface area contributed by atoms with Gasteiger partial charge >= 0.3 is 0 Å². The van der Waals surface area contributed by atoms with Gasteiger partial charge in [-0.3, -0.25) is 0 Å². The maximum absolute atomic E-state index is 6.19. The van der Waals surface area contributed by atoms with E-state index in [-0.39, 0.29) is 0 Å². The van der Waals surface area contributed by atoms with Crippen LogP contribution in [0.15, 0.2) is 0 Å². The Morgan fingerprint density at radius 2 is 1.94 bits per heavy atom. The zero-order valence-electron chi connectivity index (χ0n) is 11.8. The van der Waals surface area contributed by atoms with E-state index in [1.165, 1.54) is 32.4 Å². The van der Waals surface area contributed by atoms with Crippen LogP contribution in [0.5, 0.6) is 0 Å². The van der Waals surface area contributed by atoms with E-state index >= 15 is 0 Å². The summed E-state index contributed by atoms with van der Waals surface area (Å²) in [5.41, 5.74) is 6.58. The van der Waals surface area contributed by atoms with Gasteiger partial charge in [0.1, 0.15) is 0 Å². The molecule has 16 heavy (non-hydrogen) atoms. The molecule has 1 saturated carbocycles. The highest BCUT2D eigenvalue weighted by atomic mass is 15.1. The van der Waals surface area contributed by atoms with Crippen molar-refractivity contribution < 1.29 is 0 Å². The van der Waals surface area contributed by atoms with E-state index in [0.717, 1.165) is 5.92 Å². The molecule has 1 fully saturated rings. The smallest absolute Gasteiger partial charge is 0.00698 e. The number of nitrogens with two attached hydrogens (primary N) is 1. The molecule has 1 aliphatic carbocycles. The average molecular weight is 226 g/mol. The first-order chi connectivity index (χ1) is 7.39. The van der Waals surface area contributed by atoms with Crippen LogP contribution >= 0.6 is 0 Å². The zero-order valence-corrected chi connectivity index (χ0v) is 11.8. The Bertz CT molecular complexity index is 213. The fourth-order valence-electron chi connectivity index (χ4n) is 3.11. The fourth-order valence-corrected chi connectivity index (χ4v) is 3.11. The van der Waals surface area contributed by atoms with E-state index in [0.29, 0.717) is 17.4 Å². The first kappa shape index (κ1) is 14.0. The summed E-state index contributed by atoms with van der Waals surface area (Å²) in [6, 6.07) is 0.405. The molecular formula is C14H30N2. The lowest BCUT2D eigenvalue weighted by atomic mass is 9.61. The lowest BCUT2D eigenvalue weighted by Gasteiger charge is -2.48. The first-order valence-electron chi connectivity index (χ1n) is 6.83. The van der Waals surface area contributed by atoms with Crippen molar-refractivity contribution in [2.45, 2.75) is 53.0 Å². The predicted octanol–water partition coefficient (Wildman–Crippen LogP) is 2.73. The molecule has 2 N–H and O–H groups in total. The second-order valence-corrected chi connectivity index (χ2v) is 6.31. The van der Waals surface area contributed by atoms with Gasteiger partial charge in [-0.15, -0.1) is 0 Å². The van der Waals surface area contributed by atoms with Crippen molar-refractivity contribution in [1.29, 1.82) is 0 Å². The normalized spacial score (nSPS) is 34.3. The molecule has 0 heterocycles. The maximum Gasteiger partial charge on any atom is 0.00698 e. The molecule has 3 unspecified atom stereocenters. The standard InChI is InChI=1S/C14H30N2/c1-6-9-16(5)10-12-7-8-13(15)11(2)14(12,3)4/h11-13H,6-10,15H2,1-5H3. The largest absolute Gasteiger partial charge is 0.327 e. The van der Waals surface area contributed by atoms with Crippen molar-refractivity contribution in [3.63, 3.8) is 0 Å². The molecule has 3 atom stereocenters. The molecular weight excluding hydrogens is 196 g/mol. The van der Waals surface area contributed by atoms with Crippen LogP contribution in [0.25, 0.3) is 0 Å². The van der Waals surface area contributed by atoms with Crippen LogP contribution < -0.4 is 5.73 Å². The third-order valence-corrected chi connectivity index (χ3v) is 4.85. The topological polar surface area (TPSA) is 29.3 Å². The second kappa shape index (κ2) is 5.50. The molecule has 0 aromatic heterocycles. The summed E-state index contributed by atoms with van der Waals surface area (Å²) in [6.45, 7) is 11.8. The highest BCUT2D eigenvalue weighted by Gasteiger charge is 2.41. The fraction of sp³-hybridized carbons (Fsp3) is 1.00. The van der Waals surface area contributed by atoms with Gasteiger partial charge in [-0.05, 0) is 50.1 Å². The minimum Gasteiger partial charge on any atom is -0.327 e. The van der Waals surface area contributed by atoms with Crippen molar-refractivity contribution in [2.24, 2.45) is 23.0 Å². The number of hydrogen-bond acceptors (Lipinski definition) is 2. The summed E-state index contributed by atoms with van der Waals surface area (Å²) >= 11 is 0. The van der Waals surface area contributed by atoms with Gasteiger partial charge in [0.2, 0.25) is 0 Å². The Kier molecular flexibility index (Phi) is 4.81. The Balaban J connectivity index is 2.59. The van der Waals surface area contributed by atoms with E-state index in [2.05, 4.69) is 39.6 Å². The van der Waals surface area contributed by atoms with Gasteiger partial charge in [0.25, 0.3) is 0 Å². The Labute approximate surface area is 102 Å². The highest BCUT2D eigenvalue weighted by Crippen LogP contribution is 2.44. The third kappa shape index (κ3) is 2.98. The Hall–Kier alpha value is -0.0800. The number of rotatable bonds is 4. The molecule has 0 bridgehead atoms. The second-order valence-electron chi connectivity index (χ2n) is 6.31. The maximum atomic E-state index is 6.19. The van der Waals surface area contributed by atoms with Crippen LogP contribution in [0.2, 0.25) is 0 Å². The number of hydrogen-bond donors (Lipinski definition) is 1. The first-order valence-corrected chi connectivity index (χ1v) is 6.83. The number of nitrogens with zero attached hydrogens (tertiary/aromatic N) is 1. The predicted molar refractivity (Wildman–Crippen MR) is 71.4 cm³/mol. The Morgan fingerprint density at radius 1 is 1.31 bits per heavy atom. The summed E-state index contributed by atoms with van der Waals surface area (Å²) in [7, 11) is 2.25. The lowest BCUT2D eigenvalue weighted by molar-refractivity contribution is 0.0338. The summed E-state index contributed by atoms with van der Waals surface area (Å²) in [6.07, 6.45) is 3.75. The summed E-state index contributed by atoms with van der Waals surface area (Å²) < 4.78 is 0. The van der Waals surface area contributed by atoms with Gasteiger partial charge in [0.15, 0.2) is 0 Å². The minimum absolute atomic E-state index is 0.389. The van der Waals surface area contributed by atoms with Gasteiger partial charge < -0.3 is 10.6 Å². The van der Waals surface area contributed by atoms with Crippen molar-refractivity contribution in [1.82, 2.24) is 4.90 Å². The molecule has 0 spiro atoms. The molecule has 96 valence electrons. The molecule has 1 aliphatic rings. The summed E-state index contributed by atoms with van der Waals surface area (Å²) in [4.78, 5) is 2.48. The molecule has 0 amide bonds. The van der Waals surface area contributed by atoms with Gasteiger partial charge in [-0.25, -0.2) is 0 Å².